The molecule has 4 atom stereocenters. The van der Waals surface area contributed by atoms with Crippen molar-refractivity contribution in [1.29, 1.82) is 0 Å². The van der Waals surface area contributed by atoms with E-state index in [0.717, 1.165) is 128 Å². The Morgan fingerprint density at radius 2 is 0.800 bits per heavy atom. The van der Waals surface area contributed by atoms with Crippen LogP contribution in [0.3, 0.4) is 0 Å². The summed E-state index contributed by atoms with van der Waals surface area (Å²) >= 11 is 23.5. The van der Waals surface area contributed by atoms with Crippen LogP contribution in [0.4, 0.5) is 4.79 Å². The predicted molar refractivity (Wildman–Crippen MR) is 496 cm³/mol. The van der Waals surface area contributed by atoms with Gasteiger partial charge in [0.05, 0.1) is 54.3 Å². The molecule has 29 heteroatoms. The number of ether oxygens (including phenoxy) is 4. The van der Waals surface area contributed by atoms with Crippen molar-refractivity contribution in [2.24, 2.45) is 20.0 Å². The van der Waals surface area contributed by atoms with Gasteiger partial charge in [-0.15, -0.1) is 54.4 Å². The van der Waals surface area contributed by atoms with E-state index in [-0.39, 0.29) is 50.3 Å². The van der Waals surface area contributed by atoms with Gasteiger partial charge in [0.1, 0.15) is 86.4 Å². The molecule has 0 bridgehead atoms. The Bertz CT molecular complexity index is 6330. The third-order valence-corrected chi connectivity index (χ3v) is 25.3. The van der Waals surface area contributed by atoms with Gasteiger partial charge < -0.3 is 24.3 Å². The lowest BCUT2D eigenvalue weighted by atomic mass is 9.99. The molecule has 644 valence electrons. The molecule has 6 aromatic carbocycles. The van der Waals surface area contributed by atoms with Crippen molar-refractivity contribution < 1.29 is 38.1 Å². The van der Waals surface area contributed by atoms with Crippen molar-refractivity contribution in [1.82, 2.24) is 53.9 Å². The molecule has 0 saturated heterocycles. The Kier molecular flexibility index (Phi) is 26.7. The first-order valence-electron chi connectivity index (χ1n) is 41.0. The minimum atomic E-state index is -0.565. The zero-order valence-electron chi connectivity index (χ0n) is 73.0. The monoisotopic (exact) mass is 1790 g/mol. The average Bonchev–Trinajstić information content (AvgIpc) is 1.52. The molecule has 7 aromatic heterocycles. The number of carbonyl (C=O) groups excluding carboxylic acids is 4. The minimum absolute atomic E-state index is 0.0834. The van der Waals surface area contributed by atoms with Crippen molar-refractivity contribution in [2.45, 2.75) is 191 Å². The van der Waals surface area contributed by atoms with Gasteiger partial charge in [0.25, 0.3) is 0 Å². The average molecular weight is 1790 g/mol. The lowest BCUT2D eigenvalue weighted by Gasteiger charge is -2.21. The zero-order chi connectivity index (χ0) is 89.3. The summed E-state index contributed by atoms with van der Waals surface area (Å²) in [5.41, 5.74) is 17.2. The number of halogens is 3. The van der Waals surface area contributed by atoms with Crippen molar-refractivity contribution in [3.8, 4) is 20.7 Å². The van der Waals surface area contributed by atoms with Crippen LogP contribution in [0.25, 0.3) is 20.7 Å². The second kappa shape index (κ2) is 37.3. The van der Waals surface area contributed by atoms with E-state index in [1.54, 1.807) is 40.3 Å². The molecule has 1 amide bonds. The number of aromatic nitrogens is 10. The molecule has 4 aliphatic rings. The molecule has 0 spiro atoms. The maximum absolute atomic E-state index is 12.7. The van der Waals surface area contributed by atoms with Gasteiger partial charge in [-0.3, -0.25) is 52.6 Å². The lowest BCUT2D eigenvalue weighted by molar-refractivity contribution is -0.156. The predicted octanol–water partition coefficient (Wildman–Crippen LogP) is 21.9. The molecule has 125 heavy (non-hydrogen) atoms. The van der Waals surface area contributed by atoms with Crippen LogP contribution >= 0.6 is 68.8 Å². The van der Waals surface area contributed by atoms with E-state index in [9.17, 15) is 19.2 Å². The summed E-state index contributed by atoms with van der Waals surface area (Å²) in [4.78, 5) is 83.8. The topological polar surface area (TPSA) is 264 Å². The number of nitrogens with zero attached hydrogens (tertiary/aromatic N) is 14. The third kappa shape index (κ3) is 20.3. The van der Waals surface area contributed by atoms with Crippen molar-refractivity contribution in [3.63, 3.8) is 0 Å². The molecule has 13 aromatic rings. The number of carbonyl (C=O) groups is 4. The fourth-order valence-corrected chi connectivity index (χ4v) is 19.0. The summed E-state index contributed by atoms with van der Waals surface area (Å²) in [5.74, 6) is 2.66. The Morgan fingerprint density at radius 3 is 1.26 bits per heavy atom. The van der Waals surface area contributed by atoms with Crippen LogP contribution in [0.2, 0.25) is 15.1 Å². The van der Waals surface area contributed by atoms with Crippen LogP contribution < -0.4 is 5.32 Å². The highest BCUT2D eigenvalue weighted by Gasteiger charge is 2.38. The summed E-state index contributed by atoms with van der Waals surface area (Å²) in [6.07, 6.45) is 5.20. The Balaban J connectivity index is 0.000000136. The van der Waals surface area contributed by atoms with E-state index in [1.807, 2.05) is 262 Å². The minimum Gasteiger partial charge on any atom is -0.460 e. The first-order valence-corrected chi connectivity index (χ1v) is 44.6. The zero-order valence-corrected chi connectivity index (χ0v) is 77.7. The van der Waals surface area contributed by atoms with Crippen LogP contribution in [-0.2, 0) is 39.9 Å². The standard InChI is InChI=1S/C27H25ClN4O2S.C24H26ClN3O2S.C23H24N4O2.C22H23ClN4O2S/c1-16-13-29-25-22(14-30-27(33)34-15-19-7-5-4-6-8-19)31-24(20-9-11-21(28)12-10-20)23-17(2)18(3)35-26(23)32(16)25;1-13-12-26-22-18(11-19(29)30-24(4,5)6)27-21(16-7-9-17(25)10-8-16)20-14(2)15(3)31-23(20)28(13)22;1-15-25-26-22-18(14-20(28)29-23(2,3)4)24-21(16-10-6-5-7-11-16)17-12-8-9-13-19(17)27(15)22;1-12-13(2)30-21-18(12)19(14-6-8-15(23)9-7-14)25-16(20-26-24-11-27(20)21)10-17(28)29-22(3,4)5/h4-13,22H,14-15H2,1-3H3,(H,30,33);7-10,12,18H,11H2,1-6H3;5-13,18H,14H2,1-4H3;6-9,11,16H,10H2,1-5H3/t22-;;;16-/m0..0/s1. The lowest BCUT2D eigenvalue weighted by Crippen LogP contribution is -2.29. The van der Waals surface area contributed by atoms with E-state index >= 15 is 0 Å². The molecule has 1 N–H and O–H groups in total. The SMILES string of the molecule is Cc1nnc2n1-c1ccccc1C(c1ccccc1)=NC2CC(=O)OC(C)(C)C.Cc1sc2c(c1C)C(c1ccc(Cl)cc1)=NC(CC(=O)OC(C)(C)C)c1ncc(C)n1-2.Cc1sc2c(c1C)C(c1ccc(Cl)cc1)=N[C@@H](CC(=O)OC(C)(C)C)c1nncn1-2.Cc1sc2c(c1C)C(c1ccc(Cl)cc1)=N[C@@H](CNC(=O)OCc1ccccc1)c1ncc(C)n1-2. The molecule has 23 nitrogen and oxygen atoms in total. The van der Waals surface area contributed by atoms with Gasteiger partial charge in [-0.05, 0) is 189 Å². The summed E-state index contributed by atoms with van der Waals surface area (Å²) in [6, 6.07) is 48.8. The molecular weight excluding hydrogens is 1690 g/mol. The highest BCUT2D eigenvalue weighted by molar-refractivity contribution is 7.16. The van der Waals surface area contributed by atoms with Gasteiger partial charge in [0, 0.05) is 98.0 Å². The van der Waals surface area contributed by atoms with Gasteiger partial charge in [-0.2, -0.15) is 0 Å². The molecule has 0 fully saturated rings. The highest BCUT2D eigenvalue weighted by Crippen LogP contribution is 2.44. The number of nitrogens with one attached hydrogen (secondary N) is 1. The largest absolute Gasteiger partial charge is 0.460 e. The number of para-hydroxylation sites is 1. The van der Waals surface area contributed by atoms with Crippen LogP contribution in [0.5, 0.6) is 0 Å². The maximum atomic E-state index is 12.7. The molecule has 0 aliphatic carbocycles. The van der Waals surface area contributed by atoms with Crippen LogP contribution in [0.1, 0.15) is 228 Å². The second-order valence-corrected chi connectivity index (χ2v) is 38.7. The molecule has 17 rings (SSSR count). The number of thiophene rings is 3. The molecule has 0 saturated carbocycles. The number of amides is 1. The van der Waals surface area contributed by atoms with Gasteiger partial charge >= 0.3 is 24.0 Å². The van der Waals surface area contributed by atoms with Gasteiger partial charge in [0.15, 0.2) is 11.6 Å². The van der Waals surface area contributed by atoms with E-state index in [4.69, 9.17) is 78.7 Å². The number of alkyl carbamates (subject to hydrolysis) is 1. The molecule has 2 unspecified atom stereocenters. The summed E-state index contributed by atoms with van der Waals surface area (Å²) in [5, 5.41) is 25.1. The van der Waals surface area contributed by atoms with E-state index in [2.05, 4.69) is 81.4 Å². The smallest absolute Gasteiger partial charge is 0.407 e. The number of aliphatic imine (C=N–C) groups is 4. The Labute approximate surface area is 754 Å². The normalized spacial score (nSPS) is 15.4. The fourth-order valence-electron chi connectivity index (χ4n) is 15.0. The molecular formula is C96H98Cl3N15O8S3. The number of hydrogen-bond donors (Lipinski definition) is 1. The summed E-state index contributed by atoms with van der Waals surface area (Å²) in [7, 11) is 0. The number of esters is 3. The van der Waals surface area contributed by atoms with Crippen molar-refractivity contribution in [3.05, 3.63) is 313 Å². The van der Waals surface area contributed by atoms with Crippen molar-refractivity contribution >= 4 is 116 Å². The Morgan fingerprint density at radius 1 is 0.416 bits per heavy atom. The van der Waals surface area contributed by atoms with Gasteiger partial charge in [-0.1, -0.05) is 150 Å². The number of rotatable bonds is 14. The van der Waals surface area contributed by atoms with Gasteiger partial charge in [-0.25, -0.2) is 14.8 Å². The first-order chi connectivity index (χ1) is 59.4. The molecule has 0 radical (unpaired) electrons. The number of aryl methyl sites for hydroxylation is 6. The third-order valence-electron chi connectivity index (χ3n) is 20.9. The van der Waals surface area contributed by atoms with E-state index in [0.29, 0.717) is 26.7 Å². The quantitative estimate of drug-likeness (QED) is 0.0784. The summed E-state index contributed by atoms with van der Waals surface area (Å²) in [6.45, 7) is 35.9. The first kappa shape index (κ1) is 89.6. The van der Waals surface area contributed by atoms with Crippen LogP contribution in [0, 0.1) is 62.3 Å². The number of fused-ring (bicyclic) bond motifs is 12. The fraction of sp³-hybridized carbons (Fsp3) is 0.312. The van der Waals surface area contributed by atoms with Gasteiger partial charge in [0.2, 0.25) is 0 Å². The van der Waals surface area contributed by atoms with E-state index in [1.165, 1.54) is 25.8 Å². The van der Waals surface area contributed by atoms with Crippen molar-refractivity contribution in [2.75, 3.05) is 6.54 Å². The molecule has 11 heterocycles. The number of hydrogen-bond acceptors (Lipinski definition) is 21. The van der Waals surface area contributed by atoms with Crippen LogP contribution in [-0.4, -0.2) is 119 Å². The number of benzene rings is 6. The highest BCUT2D eigenvalue weighted by atomic mass is 35.5. The van der Waals surface area contributed by atoms with Crippen LogP contribution in [0.15, 0.2) is 196 Å². The second-order valence-electron chi connectivity index (χ2n) is 33.8. The van der Waals surface area contributed by atoms with E-state index < -0.39 is 47.1 Å². The molecule has 4 aliphatic heterocycles. The Hall–Kier alpha value is -11.7. The maximum Gasteiger partial charge on any atom is 0.407 e. The summed E-state index contributed by atoms with van der Waals surface area (Å²) < 4.78 is 30.4. The number of imidazole rings is 2.